The molecule has 0 aliphatic carbocycles. The number of carbonyl (C=O) groups is 1. The van der Waals surface area contributed by atoms with Gasteiger partial charge in [-0.05, 0) is 35.4 Å². The maximum Gasteiger partial charge on any atom is 0.411 e. The number of nitro groups is 1. The van der Waals surface area contributed by atoms with Crippen LogP contribution >= 0.6 is 0 Å². The fourth-order valence-electron chi connectivity index (χ4n) is 5.35. The zero-order valence-corrected chi connectivity index (χ0v) is 23.8. The lowest BCUT2D eigenvalue weighted by Gasteiger charge is -2.41. The number of aliphatic hydroxyl groups excluding tert-OH is 1. The Labute approximate surface area is 250 Å². The lowest BCUT2D eigenvalue weighted by Crippen LogP contribution is -2.49. The van der Waals surface area contributed by atoms with Crippen LogP contribution in [0.15, 0.2) is 85.5 Å². The van der Waals surface area contributed by atoms with E-state index < -0.39 is 12.4 Å². The average Bonchev–Trinajstić information content (AvgIpc) is 3.04. The number of aliphatic hydroxyl groups is 1. The minimum absolute atomic E-state index is 0.0267. The van der Waals surface area contributed by atoms with Crippen LogP contribution in [0, 0.1) is 10.1 Å². The Morgan fingerprint density at radius 3 is 2.47 bits per heavy atom. The van der Waals surface area contributed by atoms with Gasteiger partial charge in [0, 0.05) is 68.2 Å². The van der Waals surface area contributed by atoms with Gasteiger partial charge in [0.1, 0.15) is 6.61 Å². The van der Waals surface area contributed by atoms with E-state index in [4.69, 9.17) is 14.2 Å². The largest absolute Gasteiger partial charge is 0.445 e. The van der Waals surface area contributed by atoms with Crippen molar-refractivity contribution in [3.05, 3.63) is 112 Å². The molecule has 43 heavy (non-hydrogen) atoms. The van der Waals surface area contributed by atoms with E-state index in [1.54, 1.807) is 30.3 Å². The zero-order chi connectivity index (χ0) is 30.2. The number of nitrogens with zero attached hydrogens (tertiary/aromatic N) is 3. The number of ether oxygens (including phenoxy) is 3. The van der Waals surface area contributed by atoms with E-state index in [0.29, 0.717) is 18.7 Å². The van der Waals surface area contributed by atoms with Crippen molar-refractivity contribution in [1.29, 1.82) is 0 Å². The molecule has 0 unspecified atom stereocenters. The van der Waals surface area contributed by atoms with Crippen LogP contribution in [-0.2, 0) is 20.8 Å². The quantitative estimate of drug-likeness (QED) is 0.187. The van der Waals surface area contributed by atoms with Crippen molar-refractivity contribution in [2.45, 2.75) is 31.5 Å². The van der Waals surface area contributed by atoms with Crippen LogP contribution in [0.5, 0.6) is 0 Å². The molecular weight excluding hydrogens is 552 g/mol. The monoisotopic (exact) mass is 588 g/mol. The Balaban J connectivity index is 1.27. The molecule has 3 aromatic rings. The molecule has 2 N–H and O–H groups in total. The first-order valence-corrected chi connectivity index (χ1v) is 14.3. The summed E-state index contributed by atoms with van der Waals surface area (Å²) < 4.78 is 18.0. The summed E-state index contributed by atoms with van der Waals surface area (Å²) in [6.45, 7) is 7.60. The second-order valence-corrected chi connectivity index (χ2v) is 10.5. The van der Waals surface area contributed by atoms with Gasteiger partial charge in [0.25, 0.3) is 5.69 Å². The molecule has 1 amide bonds. The topological polar surface area (TPSA) is 127 Å². The molecule has 0 spiro atoms. The van der Waals surface area contributed by atoms with Crippen LogP contribution in [0.4, 0.5) is 21.9 Å². The van der Waals surface area contributed by atoms with Crippen molar-refractivity contribution >= 4 is 23.2 Å². The van der Waals surface area contributed by atoms with E-state index in [2.05, 4.69) is 21.7 Å². The summed E-state index contributed by atoms with van der Waals surface area (Å²) in [6, 6.07) is 21.8. The lowest BCUT2D eigenvalue weighted by atomic mass is 9.99. The molecule has 226 valence electrons. The van der Waals surface area contributed by atoms with Crippen LogP contribution in [0.2, 0.25) is 0 Å². The number of hydrogen-bond acceptors (Lipinski definition) is 9. The van der Waals surface area contributed by atoms with E-state index in [9.17, 15) is 20.0 Å². The molecule has 2 aliphatic rings. The number of anilines is 2. The molecule has 0 radical (unpaired) electrons. The van der Waals surface area contributed by atoms with Crippen molar-refractivity contribution in [3.63, 3.8) is 0 Å². The van der Waals surface area contributed by atoms with Crippen LogP contribution in [0.3, 0.4) is 0 Å². The Bertz CT molecular complexity index is 1390. The Hall–Kier alpha value is -4.29. The minimum atomic E-state index is -0.659. The highest BCUT2D eigenvalue weighted by atomic mass is 16.7. The van der Waals surface area contributed by atoms with Gasteiger partial charge in [-0.1, -0.05) is 49.1 Å². The number of non-ortho nitro benzene ring substituents is 1. The van der Waals surface area contributed by atoms with E-state index in [-0.39, 0.29) is 36.0 Å². The van der Waals surface area contributed by atoms with Gasteiger partial charge < -0.3 is 24.2 Å². The summed E-state index contributed by atoms with van der Waals surface area (Å²) in [5, 5.41) is 23.2. The fraction of sp³-hybridized carbons (Fsp3) is 0.344. The Kier molecular flexibility index (Phi) is 10.0. The van der Waals surface area contributed by atoms with Gasteiger partial charge in [0.05, 0.1) is 23.7 Å². The van der Waals surface area contributed by atoms with Gasteiger partial charge in [-0.2, -0.15) is 0 Å². The van der Waals surface area contributed by atoms with Crippen LogP contribution in [0.25, 0.3) is 0 Å². The standard InChI is InChI=1S/C32H36N4O7/c1-2-18-41-32(38)33-26-5-3-4-25(19-26)31-42-29(20-30(43-31)24-8-6-23(22-37)7-9-24)21-34-14-16-35(17-15-34)27-10-12-28(13-11-27)36(39)40/h2-13,19,29-31,37H,1,14-18,20-22H2,(H,33,38)/t29-,30+,31+/m0/s1. The molecule has 11 heteroatoms. The summed E-state index contributed by atoms with van der Waals surface area (Å²) in [7, 11) is 0. The predicted molar refractivity (Wildman–Crippen MR) is 162 cm³/mol. The van der Waals surface area contributed by atoms with Crippen LogP contribution in [-0.4, -0.2) is 66.5 Å². The van der Waals surface area contributed by atoms with Crippen LogP contribution in [0.1, 0.15) is 35.5 Å². The summed E-state index contributed by atoms with van der Waals surface area (Å²) in [5.74, 6) is 0. The highest BCUT2D eigenvalue weighted by Crippen LogP contribution is 2.39. The van der Waals surface area contributed by atoms with Gasteiger partial charge in [-0.15, -0.1) is 0 Å². The number of amides is 1. The smallest absolute Gasteiger partial charge is 0.411 e. The second-order valence-electron chi connectivity index (χ2n) is 10.5. The number of carbonyl (C=O) groups excluding carboxylic acids is 1. The molecule has 3 aromatic carbocycles. The third-order valence-electron chi connectivity index (χ3n) is 7.61. The lowest BCUT2D eigenvalue weighted by molar-refractivity contribution is -0.384. The molecule has 2 aliphatic heterocycles. The summed E-state index contributed by atoms with van der Waals surface area (Å²) in [4.78, 5) is 27.3. The van der Waals surface area contributed by atoms with E-state index in [1.807, 2.05) is 42.5 Å². The van der Waals surface area contributed by atoms with Gasteiger partial charge in [0.2, 0.25) is 0 Å². The van der Waals surface area contributed by atoms with Crippen molar-refractivity contribution < 1.29 is 29.0 Å². The highest BCUT2D eigenvalue weighted by molar-refractivity contribution is 5.84. The Morgan fingerprint density at radius 1 is 1.05 bits per heavy atom. The Morgan fingerprint density at radius 2 is 1.79 bits per heavy atom. The molecule has 2 heterocycles. The molecule has 0 aromatic heterocycles. The number of nitrogens with one attached hydrogen (secondary N) is 1. The summed E-state index contributed by atoms with van der Waals surface area (Å²) in [5.41, 5.74) is 4.22. The average molecular weight is 589 g/mol. The van der Waals surface area contributed by atoms with Gasteiger partial charge >= 0.3 is 6.09 Å². The predicted octanol–water partition coefficient (Wildman–Crippen LogP) is 5.19. The summed E-state index contributed by atoms with van der Waals surface area (Å²) >= 11 is 0. The van der Waals surface area contributed by atoms with Gasteiger partial charge in [-0.25, -0.2) is 4.79 Å². The van der Waals surface area contributed by atoms with Crippen molar-refractivity contribution in [2.75, 3.05) is 49.5 Å². The third kappa shape index (κ3) is 7.96. The molecule has 3 atom stereocenters. The first kappa shape index (κ1) is 30.2. The number of nitro benzene ring substituents is 1. The molecule has 11 nitrogen and oxygen atoms in total. The molecule has 0 bridgehead atoms. The maximum absolute atomic E-state index is 12.1. The number of benzene rings is 3. The highest BCUT2D eigenvalue weighted by Gasteiger charge is 2.34. The SMILES string of the molecule is C=CCOC(=O)Nc1cccc([C@@H]2O[C@H](CN3CCN(c4ccc([N+](=O)[O-])cc4)CC3)C[C@H](c3ccc(CO)cc3)O2)c1. The van der Waals surface area contributed by atoms with E-state index in [0.717, 1.165) is 48.6 Å². The number of piperazine rings is 1. The van der Waals surface area contributed by atoms with E-state index >= 15 is 0 Å². The third-order valence-corrected chi connectivity index (χ3v) is 7.61. The molecule has 2 fully saturated rings. The molecule has 0 saturated carbocycles. The summed E-state index contributed by atoms with van der Waals surface area (Å²) in [6.07, 6.45) is 0.573. The van der Waals surface area contributed by atoms with Crippen LogP contribution < -0.4 is 10.2 Å². The van der Waals surface area contributed by atoms with E-state index in [1.165, 1.54) is 6.08 Å². The van der Waals surface area contributed by atoms with Gasteiger partial charge in [-0.3, -0.25) is 20.3 Å². The molecule has 5 rings (SSSR count). The number of hydrogen-bond donors (Lipinski definition) is 2. The first-order chi connectivity index (χ1) is 20.9. The maximum atomic E-state index is 12.1. The molecule has 2 saturated heterocycles. The fourth-order valence-corrected chi connectivity index (χ4v) is 5.35. The second kappa shape index (κ2) is 14.3. The zero-order valence-electron chi connectivity index (χ0n) is 23.8. The first-order valence-electron chi connectivity index (χ1n) is 14.3. The van der Waals surface area contributed by atoms with Gasteiger partial charge in [0.15, 0.2) is 6.29 Å². The molecular formula is C32H36N4O7. The van der Waals surface area contributed by atoms with Crippen molar-refractivity contribution in [1.82, 2.24) is 4.90 Å². The minimum Gasteiger partial charge on any atom is -0.445 e. The number of rotatable bonds is 10. The normalized spacial score (nSPS) is 20.8. The van der Waals surface area contributed by atoms with Crippen molar-refractivity contribution in [2.24, 2.45) is 0 Å². The van der Waals surface area contributed by atoms with Crippen molar-refractivity contribution in [3.8, 4) is 0 Å².